The van der Waals surface area contributed by atoms with Crippen LogP contribution < -0.4 is 11.1 Å². The summed E-state index contributed by atoms with van der Waals surface area (Å²) < 4.78 is 0. The van der Waals surface area contributed by atoms with Crippen molar-refractivity contribution >= 4 is 29.0 Å². The Morgan fingerprint density at radius 2 is 1.89 bits per heavy atom. The fourth-order valence-electron chi connectivity index (χ4n) is 2.51. The maximum atomic E-state index is 12.3. The maximum Gasteiger partial charge on any atom is 0.235 e. The number of piperidine rings is 1. The number of rotatable bonds is 3. The third-order valence-corrected chi connectivity index (χ3v) is 4.21. The summed E-state index contributed by atoms with van der Waals surface area (Å²) in [5.74, 6) is 0.0675. The fraction of sp³-hybridized carbons (Fsp3) is 0.750. The second-order valence-corrected chi connectivity index (χ2v) is 5.65. The van der Waals surface area contributed by atoms with Gasteiger partial charge in [-0.15, -0.1) is 0 Å². The largest absolute Gasteiger partial charge is 0.392 e. The number of likely N-dealkylation sites (tertiary alicyclic amines) is 1. The summed E-state index contributed by atoms with van der Waals surface area (Å²) in [6.45, 7) is 2.87. The Kier molecular flexibility index (Phi) is 3.56. The molecule has 1 saturated heterocycles. The number of carbonyl (C=O) groups excluding carboxylic acids is 2. The summed E-state index contributed by atoms with van der Waals surface area (Å²) in [6.07, 6.45) is 3.18. The van der Waals surface area contributed by atoms with Gasteiger partial charge >= 0.3 is 0 Å². The highest BCUT2D eigenvalue weighted by molar-refractivity contribution is 7.80. The number of amides is 2. The van der Waals surface area contributed by atoms with Gasteiger partial charge in [0.05, 0.1) is 10.4 Å². The van der Waals surface area contributed by atoms with Crippen molar-refractivity contribution in [3.8, 4) is 0 Å². The Balaban J connectivity index is 1.88. The van der Waals surface area contributed by atoms with Gasteiger partial charge < -0.3 is 16.0 Å². The molecule has 1 saturated carbocycles. The van der Waals surface area contributed by atoms with Crippen LogP contribution in [0.2, 0.25) is 0 Å². The molecule has 2 fully saturated rings. The molecule has 0 bridgehead atoms. The van der Waals surface area contributed by atoms with Crippen molar-refractivity contribution in [1.82, 2.24) is 10.2 Å². The second-order valence-electron chi connectivity index (χ2n) is 5.21. The molecule has 0 spiro atoms. The van der Waals surface area contributed by atoms with E-state index in [0.29, 0.717) is 18.1 Å². The van der Waals surface area contributed by atoms with Gasteiger partial charge in [0.1, 0.15) is 0 Å². The predicted molar refractivity (Wildman–Crippen MR) is 71.9 cm³/mol. The quantitative estimate of drug-likeness (QED) is 0.717. The summed E-state index contributed by atoms with van der Waals surface area (Å²) in [7, 11) is 0. The fourth-order valence-corrected chi connectivity index (χ4v) is 2.80. The van der Waals surface area contributed by atoms with Crippen LogP contribution in [0.15, 0.2) is 0 Å². The molecule has 3 N–H and O–H groups in total. The molecule has 0 aromatic heterocycles. The molecule has 0 unspecified atom stereocenters. The van der Waals surface area contributed by atoms with Crippen LogP contribution in [-0.2, 0) is 9.59 Å². The molecule has 1 aliphatic heterocycles. The van der Waals surface area contributed by atoms with Gasteiger partial charge in [0.2, 0.25) is 11.8 Å². The normalized spacial score (nSPS) is 22.4. The van der Waals surface area contributed by atoms with Crippen molar-refractivity contribution in [2.24, 2.45) is 11.1 Å². The first-order valence-electron chi connectivity index (χ1n) is 6.32. The molecule has 0 aromatic carbocycles. The minimum absolute atomic E-state index is 0.0124. The second kappa shape index (κ2) is 4.84. The topological polar surface area (TPSA) is 75.4 Å². The number of hydrogen-bond acceptors (Lipinski definition) is 3. The highest BCUT2D eigenvalue weighted by Gasteiger charge is 2.54. The number of carbonyl (C=O) groups is 2. The van der Waals surface area contributed by atoms with Crippen molar-refractivity contribution in [3.63, 3.8) is 0 Å². The number of nitrogens with zero attached hydrogens (tertiary/aromatic N) is 1. The summed E-state index contributed by atoms with van der Waals surface area (Å²) in [5, 5.41) is 2.89. The van der Waals surface area contributed by atoms with Gasteiger partial charge in [-0.25, -0.2) is 0 Å². The lowest BCUT2D eigenvalue weighted by Crippen LogP contribution is -2.50. The molecule has 5 nitrogen and oxygen atoms in total. The van der Waals surface area contributed by atoms with Crippen molar-refractivity contribution < 1.29 is 9.59 Å². The van der Waals surface area contributed by atoms with Crippen molar-refractivity contribution in [2.45, 2.75) is 38.6 Å². The Bertz CT molecular complexity index is 385. The third kappa shape index (κ3) is 2.48. The lowest BCUT2D eigenvalue weighted by atomic mass is 10.0. The Hall–Kier alpha value is -1.17. The number of nitrogens with one attached hydrogen (secondary N) is 1. The molecule has 0 aromatic rings. The van der Waals surface area contributed by atoms with Crippen LogP contribution in [0, 0.1) is 5.41 Å². The molecule has 2 rings (SSSR count). The monoisotopic (exact) mass is 269 g/mol. The van der Waals surface area contributed by atoms with E-state index in [1.165, 1.54) is 6.92 Å². The molecule has 0 radical (unpaired) electrons. The van der Waals surface area contributed by atoms with Gasteiger partial charge in [0.15, 0.2) is 0 Å². The minimum Gasteiger partial charge on any atom is -0.392 e. The molecule has 18 heavy (non-hydrogen) atoms. The molecule has 1 aliphatic carbocycles. The van der Waals surface area contributed by atoms with Gasteiger partial charge in [0, 0.05) is 26.1 Å². The molecular formula is C12H19N3O2S. The third-order valence-electron chi connectivity index (χ3n) is 3.82. The first kappa shape index (κ1) is 13.3. The minimum atomic E-state index is -0.545. The molecular weight excluding hydrogens is 250 g/mol. The average Bonchev–Trinajstić information content (AvgIpc) is 3.09. The smallest absolute Gasteiger partial charge is 0.235 e. The van der Waals surface area contributed by atoms with Crippen LogP contribution >= 0.6 is 12.2 Å². The van der Waals surface area contributed by atoms with Gasteiger partial charge in [-0.1, -0.05) is 12.2 Å². The predicted octanol–water partition coefficient (Wildman–Crippen LogP) is 0.180. The summed E-state index contributed by atoms with van der Waals surface area (Å²) in [4.78, 5) is 25.5. The number of thiocarbonyl (C=S) groups is 1. The number of nitrogens with two attached hydrogens (primary N) is 1. The van der Waals surface area contributed by atoms with Gasteiger partial charge in [-0.05, 0) is 25.7 Å². The first-order chi connectivity index (χ1) is 8.45. The van der Waals surface area contributed by atoms with Crippen molar-refractivity contribution in [1.29, 1.82) is 0 Å². The zero-order valence-electron chi connectivity index (χ0n) is 10.6. The van der Waals surface area contributed by atoms with E-state index < -0.39 is 5.41 Å². The number of hydrogen-bond donors (Lipinski definition) is 2. The highest BCUT2D eigenvalue weighted by atomic mass is 32.1. The van der Waals surface area contributed by atoms with Gasteiger partial charge in [-0.2, -0.15) is 0 Å². The average molecular weight is 269 g/mol. The lowest BCUT2D eigenvalue weighted by Gasteiger charge is -2.34. The molecule has 6 heteroatoms. The molecule has 2 aliphatic rings. The van der Waals surface area contributed by atoms with Gasteiger partial charge in [0.25, 0.3) is 0 Å². The van der Waals surface area contributed by atoms with Crippen LogP contribution in [0.5, 0.6) is 0 Å². The van der Waals surface area contributed by atoms with Crippen LogP contribution in [0.3, 0.4) is 0 Å². The summed E-state index contributed by atoms with van der Waals surface area (Å²) >= 11 is 4.99. The van der Waals surface area contributed by atoms with Crippen LogP contribution in [0.1, 0.15) is 32.6 Å². The Morgan fingerprint density at radius 3 is 2.28 bits per heavy atom. The van der Waals surface area contributed by atoms with Crippen molar-refractivity contribution in [3.05, 3.63) is 0 Å². The zero-order valence-corrected chi connectivity index (χ0v) is 11.4. The molecule has 1 heterocycles. The van der Waals surface area contributed by atoms with E-state index in [0.717, 1.165) is 25.7 Å². The molecule has 100 valence electrons. The van der Waals surface area contributed by atoms with E-state index in [2.05, 4.69) is 5.32 Å². The Labute approximate surface area is 112 Å². The molecule has 0 atom stereocenters. The SMILES string of the molecule is CC(=O)NC1CCN(C(=O)C2(C(N)=S)CC2)CC1. The molecule has 2 amide bonds. The van der Waals surface area contributed by atoms with Crippen LogP contribution in [-0.4, -0.2) is 40.8 Å². The van der Waals surface area contributed by atoms with E-state index in [9.17, 15) is 9.59 Å². The van der Waals surface area contributed by atoms with Crippen molar-refractivity contribution in [2.75, 3.05) is 13.1 Å². The highest BCUT2D eigenvalue weighted by Crippen LogP contribution is 2.47. The Morgan fingerprint density at radius 1 is 1.33 bits per heavy atom. The van der Waals surface area contributed by atoms with E-state index in [1.807, 2.05) is 4.90 Å². The van der Waals surface area contributed by atoms with E-state index >= 15 is 0 Å². The van der Waals surface area contributed by atoms with Crippen LogP contribution in [0.25, 0.3) is 0 Å². The maximum absolute atomic E-state index is 12.3. The first-order valence-corrected chi connectivity index (χ1v) is 6.73. The zero-order chi connectivity index (χ0) is 13.3. The summed E-state index contributed by atoms with van der Waals surface area (Å²) in [6, 6.07) is 0.187. The standard InChI is InChI=1S/C12H19N3O2S/c1-8(16)14-9-2-6-15(7-3-9)11(17)12(4-5-12)10(13)18/h9H,2-7H2,1H3,(H2,13,18)(H,14,16). The van der Waals surface area contributed by atoms with Gasteiger partial charge in [-0.3, -0.25) is 9.59 Å². The van der Waals surface area contributed by atoms with E-state index in [1.54, 1.807) is 0 Å². The van der Waals surface area contributed by atoms with Crippen LogP contribution in [0.4, 0.5) is 0 Å². The lowest BCUT2D eigenvalue weighted by molar-refractivity contribution is -0.135. The summed E-state index contributed by atoms with van der Waals surface area (Å²) in [5.41, 5.74) is 5.11. The van der Waals surface area contributed by atoms with E-state index in [-0.39, 0.29) is 17.9 Å². The van der Waals surface area contributed by atoms with E-state index in [4.69, 9.17) is 18.0 Å².